The van der Waals surface area contributed by atoms with Gasteiger partial charge in [0.05, 0.1) is 34.4 Å². The number of carboxylic acids is 1. The number of unbranched alkanes of at least 4 members (excludes halogenated alkanes) is 9. The van der Waals surface area contributed by atoms with Gasteiger partial charge in [0.2, 0.25) is 0 Å². The van der Waals surface area contributed by atoms with Crippen molar-refractivity contribution in [2.45, 2.75) is 135 Å². The minimum atomic E-state index is -1.52. The van der Waals surface area contributed by atoms with Gasteiger partial charge >= 0.3 is 17.9 Å². The average Bonchev–Trinajstić information content (AvgIpc) is 3.03. The zero-order chi connectivity index (χ0) is 35.7. The van der Waals surface area contributed by atoms with Crippen LogP contribution in [-0.4, -0.2) is 87.4 Å². The van der Waals surface area contributed by atoms with Crippen LogP contribution in [0.1, 0.15) is 123 Å². The molecule has 2 atom stereocenters. The van der Waals surface area contributed by atoms with E-state index >= 15 is 0 Å². The lowest BCUT2D eigenvalue weighted by Crippen LogP contribution is -2.40. The summed E-state index contributed by atoms with van der Waals surface area (Å²) in [6, 6.07) is 0. The van der Waals surface area contributed by atoms with Gasteiger partial charge in [0, 0.05) is 12.8 Å². The third-order valence-electron chi connectivity index (χ3n) is 7.35. The minimum absolute atomic E-state index is 0.178. The van der Waals surface area contributed by atoms with Crippen molar-refractivity contribution in [3.8, 4) is 0 Å². The maximum absolute atomic E-state index is 12.6. The fraction of sp³-hybridized carbons (Fsp3) is 0.718. The summed E-state index contributed by atoms with van der Waals surface area (Å²) in [6.07, 6.45) is 30.4. The molecule has 276 valence electrons. The predicted molar refractivity (Wildman–Crippen MR) is 193 cm³/mol. The van der Waals surface area contributed by atoms with Gasteiger partial charge < -0.3 is 28.5 Å². The predicted octanol–water partition coefficient (Wildman–Crippen LogP) is 8.49. The molecule has 0 saturated carbocycles. The summed E-state index contributed by atoms with van der Waals surface area (Å²) in [6.45, 7) is 4.63. The fourth-order valence-electron chi connectivity index (χ4n) is 4.47. The monoisotopic (exact) mass is 678 g/mol. The molecular formula is C39H68NO8+. The van der Waals surface area contributed by atoms with E-state index in [-0.39, 0.29) is 32.2 Å². The summed E-state index contributed by atoms with van der Waals surface area (Å²) in [5, 5.41) is 9.56. The Morgan fingerprint density at radius 1 is 0.646 bits per heavy atom. The van der Waals surface area contributed by atoms with Gasteiger partial charge in [-0.3, -0.25) is 9.59 Å². The van der Waals surface area contributed by atoms with Gasteiger partial charge in [0.15, 0.2) is 6.10 Å². The molecule has 48 heavy (non-hydrogen) atoms. The van der Waals surface area contributed by atoms with Crippen molar-refractivity contribution < 1.29 is 42.9 Å². The van der Waals surface area contributed by atoms with E-state index in [0.29, 0.717) is 23.9 Å². The van der Waals surface area contributed by atoms with Crippen LogP contribution >= 0.6 is 0 Å². The van der Waals surface area contributed by atoms with Crippen LogP contribution in [0, 0.1) is 0 Å². The van der Waals surface area contributed by atoms with Gasteiger partial charge in [-0.1, -0.05) is 107 Å². The molecule has 0 fully saturated rings. The number of carbonyl (C=O) groups excluding carboxylic acids is 2. The molecule has 0 radical (unpaired) electrons. The van der Waals surface area contributed by atoms with E-state index in [1.165, 1.54) is 32.1 Å². The smallest absolute Gasteiger partial charge is 0.361 e. The van der Waals surface area contributed by atoms with Crippen molar-refractivity contribution in [2.75, 3.05) is 47.5 Å². The Bertz CT molecular complexity index is 935. The molecule has 0 amide bonds. The topological polar surface area (TPSA) is 108 Å². The van der Waals surface area contributed by atoms with Crippen LogP contribution in [0.3, 0.4) is 0 Å². The summed E-state index contributed by atoms with van der Waals surface area (Å²) in [4.78, 5) is 36.7. The van der Waals surface area contributed by atoms with Crippen LogP contribution in [0.15, 0.2) is 48.6 Å². The van der Waals surface area contributed by atoms with E-state index in [1.807, 2.05) is 21.1 Å². The Labute approximate surface area is 292 Å². The molecule has 0 aromatic heterocycles. The third kappa shape index (κ3) is 31.8. The molecule has 0 aliphatic carbocycles. The standard InChI is InChI=1S/C39H67NO8/c1-6-8-10-12-14-16-17-18-19-20-21-22-24-26-28-30-37(42)48-35(34-47-39(38(43)44)45-32-31-40(3,4)5)33-46-36(41)29-27-25-23-15-13-11-9-7-2/h8,10,14,16,18-19,21-22,35,39H,6-7,9,11-13,15,17,20,23-34H2,1-5H3/p+1/b10-8-,16-14-,19-18-,22-21-. The molecule has 0 aliphatic heterocycles. The summed E-state index contributed by atoms with van der Waals surface area (Å²) in [5.74, 6) is -2.08. The van der Waals surface area contributed by atoms with E-state index < -0.39 is 24.3 Å². The number of esters is 2. The zero-order valence-electron chi connectivity index (χ0n) is 30.9. The number of quaternary nitrogens is 1. The number of rotatable bonds is 32. The Morgan fingerprint density at radius 2 is 1.19 bits per heavy atom. The third-order valence-corrected chi connectivity index (χ3v) is 7.35. The second-order valence-electron chi connectivity index (χ2n) is 13.2. The first-order valence-electron chi connectivity index (χ1n) is 18.3. The SMILES string of the molecule is CC/C=C\C/C=C\C/C=C\C/C=C\CCCCC(=O)OC(COC(=O)CCCCCCCCCC)COC(OCC[N+](C)(C)C)C(=O)O. The molecule has 0 rings (SSSR count). The van der Waals surface area contributed by atoms with Gasteiger partial charge in [0.25, 0.3) is 6.29 Å². The lowest BCUT2D eigenvalue weighted by molar-refractivity contribution is -0.870. The number of aliphatic carboxylic acids is 1. The van der Waals surface area contributed by atoms with Gasteiger partial charge in [-0.2, -0.15) is 0 Å². The van der Waals surface area contributed by atoms with Crippen LogP contribution < -0.4 is 0 Å². The number of carbonyl (C=O) groups is 3. The largest absolute Gasteiger partial charge is 0.477 e. The number of ether oxygens (including phenoxy) is 4. The van der Waals surface area contributed by atoms with Crippen LogP contribution in [0.2, 0.25) is 0 Å². The van der Waals surface area contributed by atoms with E-state index in [4.69, 9.17) is 18.9 Å². The van der Waals surface area contributed by atoms with Crippen LogP contribution in [0.5, 0.6) is 0 Å². The first-order valence-corrected chi connectivity index (χ1v) is 18.3. The number of allylic oxidation sites excluding steroid dienone is 8. The minimum Gasteiger partial charge on any atom is -0.477 e. The molecule has 0 bridgehead atoms. The molecule has 0 heterocycles. The lowest BCUT2D eigenvalue weighted by atomic mass is 10.1. The second-order valence-corrected chi connectivity index (χ2v) is 13.2. The Morgan fingerprint density at radius 3 is 1.77 bits per heavy atom. The molecule has 2 unspecified atom stereocenters. The maximum Gasteiger partial charge on any atom is 0.361 e. The van der Waals surface area contributed by atoms with E-state index in [2.05, 4.69) is 62.5 Å². The Balaban J connectivity index is 4.64. The van der Waals surface area contributed by atoms with E-state index in [1.54, 1.807) is 0 Å². The highest BCUT2D eigenvalue weighted by molar-refractivity contribution is 5.71. The normalized spacial score (nSPS) is 13.6. The Kier molecular flexibility index (Phi) is 29.7. The highest BCUT2D eigenvalue weighted by atomic mass is 16.7. The zero-order valence-corrected chi connectivity index (χ0v) is 30.9. The summed E-state index contributed by atoms with van der Waals surface area (Å²) in [5.41, 5.74) is 0. The quantitative estimate of drug-likeness (QED) is 0.0248. The van der Waals surface area contributed by atoms with Crippen LogP contribution in [-0.2, 0) is 33.3 Å². The maximum atomic E-state index is 12.6. The van der Waals surface area contributed by atoms with Crippen LogP contribution in [0.4, 0.5) is 0 Å². The molecule has 0 aromatic rings. The van der Waals surface area contributed by atoms with Crippen LogP contribution in [0.25, 0.3) is 0 Å². The van der Waals surface area contributed by atoms with Crippen molar-refractivity contribution in [1.29, 1.82) is 0 Å². The lowest BCUT2D eigenvalue weighted by Gasteiger charge is -2.25. The summed E-state index contributed by atoms with van der Waals surface area (Å²) < 4.78 is 22.5. The fourth-order valence-corrected chi connectivity index (χ4v) is 4.47. The van der Waals surface area contributed by atoms with Crippen molar-refractivity contribution in [1.82, 2.24) is 0 Å². The van der Waals surface area contributed by atoms with Crippen molar-refractivity contribution in [3.63, 3.8) is 0 Å². The molecule has 1 N–H and O–H groups in total. The molecule has 0 aromatic carbocycles. The number of carboxylic acid groups (broad SMARTS) is 1. The molecule has 9 heteroatoms. The first-order chi connectivity index (χ1) is 23.1. The highest BCUT2D eigenvalue weighted by Crippen LogP contribution is 2.11. The summed E-state index contributed by atoms with van der Waals surface area (Å²) >= 11 is 0. The van der Waals surface area contributed by atoms with Gasteiger partial charge in [-0.15, -0.1) is 0 Å². The van der Waals surface area contributed by atoms with Crippen molar-refractivity contribution in [3.05, 3.63) is 48.6 Å². The van der Waals surface area contributed by atoms with Gasteiger partial charge in [-0.05, 0) is 51.4 Å². The second kappa shape index (κ2) is 31.5. The van der Waals surface area contributed by atoms with Crippen molar-refractivity contribution in [2.24, 2.45) is 0 Å². The van der Waals surface area contributed by atoms with E-state index in [0.717, 1.165) is 57.8 Å². The number of hydrogen-bond donors (Lipinski definition) is 1. The molecule has 0 aliphatic rings. The summed E-state index contributed by atoms with van der Waals surface area (Å²) in [7, 11) is 5.92. The molecule has 0 spiro atoms. The number of likely N-dealkylation sites (N-methyl/N-ethyl adjacent to an activating group) is 1. The molecular weight excluding hydrogens is 610 g/mol. The van der Waals surface area contributed by atoms with E-state index in [9.17, 15) is 19.5 Å². The van der Waals surface area contributed by atoms with Crippen molar-refractivity contribution >= 4 is 17.9 Å². The highest BCUT2D eigenvalue weighted by Gasteiger charge is 2.25. The first kappa shape index (κ1) is 45.2. The molecule has 9 nitrogen and oxygen atoms in total. The van der Waals surface area contributed by atoms with Gasteiger partial charge in [0.1, 0.15) is 13.2 Å². The number of nitrogens with zero attached hydrogens (tertiary/aromatic N) is 1. The number of hydrogen-bond acceptors (Lipinski definition) is 7. The Hall–Kier alpha value is -2.75. The van der Waals surface area contributed by atoms with Gasteiger partial charge in [-0.25, -0.2) is 4.79 Å². The average molecular weight is 679 g/mol. The molecule has 0 saturated heterocycles.